The van der Waals surface area contributed by atoms with E-state index in [9.17, 15) is 33.6 Å². The molecule has 0 N–H and O–H groups in total. The highest BCUT2D eigenvalue weighted by Gasteiger charge is 2.57. The molecule has 5 rings (SSSR count). The number of esters is 7. The van der Waals surface area contributed by atoms with Gasteiger partial charge in [-0.15, -0.1) is 11.8 Å². The van der Waals surface area contributed by atoms with Crippen molar-refractivity contribution in [1.82, 2.24) is 0 Å². The summed E-state index contributed by atoms with van der Waals surface area (Å²) in [7, 11) is 1.27. The van der Waals surface area contributed by atoms with E-state index >= 15 is 0 Å². The van der Waals surface area contributed by atoms with Gasteiger partial charge >= 0.3 is 41.8 Å². The van der Waals surface area contributed by atoms with Crippen molar-refractivity contribution < 1.29 is 80.9 Å². The quantitative estimate of drug-likeness (QED) is 0.157. The number of hydrogen-bond donors (Lipinski definition) is 0. The number of rotatable bonds is 15. The third kappa shape index (κ3) is 12.1. The largest absolute Gasteiger partial charge is 0.463 e. The maximum Gasteiger partial charge on any atom is 0.338 e. The Labute approximate surface area is 349 Å². The zero-order valence-electron chi connectivity index (χ0n) is 33.2. The normalized spacial score (nSPS) is 26.0. The van der Waals surface area contributed by atoms with Crippen molar-refractivity contribution in [3.63, 3.8) is 0 Å². The Morgan fingerprint density at radius 2 is 0.933 bits per heavy atom. The lowest BCUT2D eigenvalue weighted by molar-refractivity contribution is -0.259. The van der Waals surface area contributed by atoms with Crippen LogP contribution >= 0.6 is 11.8 Å². The molecule has 0 unspecified atom stereocenters. The number of carbonyl (C=O) groups excluding carboxylic acids is 7. The van der Waals surface area contributed by atoms with Gasteiger partial charge < -0.3 is 47.4 Å². The van der Waals surface area contributed by atoms with Crippen molar-refractivity contribution in [2.45, 2.75) is 87.4 Å². The van der Waals surface area contributed by atoms with Gasteiger partial charge in [-0.1, -0.05) is 54.6 Å². The minimum atomic E-state index is -1.56. The third-order valence-corrected chi connectivity index (χ3v) is 10.5. The topological polar surface area (TPSA) is 212 Å². The Bertz CT molecular complexity index is 1960. The first-order valence-electron chi connectivity index (χ1n) is 18.6. The molecule has 18 heteroatoms. The standard InChI is InChI=1S/C42H44O17S/c1-23(43)51-21-30-32(53-24(2)44)33(54-25(3)45)36(55-26(4)46)42(57-30)60-37-31(22-52-38(47)27-15-9-6-10-16-27)56-41(50-5)35(59-40(49)29-19-13-8-14-20-29)34(37)58-39(48)28-17-11-7-12-18-28/h6-20,30-37,41-42H,21-22H2,1-5H3/t30-,31-,32-,33+,34-,35-,36+,37-,41-,42+/m1/s1. The molecule has 0 radical (unpaired) electrons. The predicted molar refractivity (Wildman–Crippen MR) is 207 cm³/mol. The van der Waals surface area contributed by atoms with Crippen LogP contribution in [0.4, 0.5) is 0 Å². The molecule has 0 spiro atoms. The molecule has 0 aliphatic carbocycles. The highest BCUT2D eigenvalue weighted by Crippen LogP contribution is 2.42. The van der Waals surface area contributed by atoms with Gasteiger partial charge in [-0.2, -0.15) is 0 Å². The minimum Gasteiger partial charge on any atom is -0.463 e. The van der Waals surface area contributed by atoms with Crippen LogP contribution in [0.3, 0.4) is 0 Å². The van der Waals surface area contributed by atoms with E-state index in [2.05, 4.69) is 0 Å². The van der Waals surface area contributed by atoms with Gasteiger partial charge in [0.05, 0.1) is 21.9 Å². The molecule has 17 nitrogen and oxygen atoms in total. The number of ether oxygens (including phenoxy) is 10. The van der Waals surface area contributed by atoms with Gasteiger partial charge in [-0.25, -0.2) is 14.4 Å². The number of benzene rings is 3. The van der Waals surface area contributed by atoms with Gasteiger partial charge in [0, 0.05) is 34.8 Å². The zero-order chi connectivity index (χ0) is 43.3. The predicted octanol–water partition coefficient (Wildman–Crippen LogP) is 3.85. The Morgan fingerprint density at radius 1 is 0.483 bits per heavy atom. The fourth-order valence-corrected chi connectivity index (χ4v) is 7.99. The van der Waals surface area contributed by atoms with E-state index in [0.29, 0.717) is 0 Å². The molecular weight excluding hydrogens is 809 g/mol. The molecule has 2 aliphatic heterocycles. The molecule has 2 aliphatic rings. The maximum atomic E-state index is 13.9. The molecule has 320 valence electrons. The summed E-state index contributed by atoms with van der Waals surface area (Å²) in [6.45, 7) is 3.36. The lowest BCUT2D eigenvalue weighted by Crippen LogP contribution is -2.64. The number of methoxy groups -OCH3 is 1. The van der Waals surface area contributed by atoms with Crippen LogP contribution in [0, 0.1) is 0 Å². The Kier molecular flexibility index (Phi) is 16.2. The summed E-state index contributed by atoms with van der Waals surface area (Å²) in [5, 5.41) is -1.26. The van der Waals surface area contributed by atoms with Crippen LogP contribution in [0.5, 0.6) is 0 Å². The second-order valence-electron chi connectivity index (χ2n) is 13.4. The fourth-order valence-electron chi connectivity index (χ4n) is 6.43. The van der Waals surface area contributed by atoms with Crippen molar-refractivity contribution in [3.8, 4) is 0 Å². The summed E-state index contributed by atoms with van der Waals surface area (Å²) in [6.07, 6.45) is -11.6. The number of carbonyl (C=O) groups is 7. The minimum absolute atomic E-state index is 0.120. The summed E-state index contributed by atoms with van der Waals surface area (Å²) in [6, 6.07) is 23.9. The summed E-state index contributed by atoms with van der Waals surface area (Å²) in [4.78, 5) is 90.6. The Balaban J connectivity index is 1.63. The molecular formula is C42H44O17S. The second kappa shape index (κ2) is 21.4. The molecule has 2 saturated heterocycles. The van der Waals surface area contributed by atoms with E-state index in [0.717, 1.165) is 39.5 Å². The smallest absolute Gasteiger partial charge is 0.338 e. The van der Waals surface area contributed by atoms with E-state index < -0.39 is 115 Å². The lowest BCUT2D eigenvalue weighted by atomic mass is 9.99. The van der Waals surface area contributed by atoms with Crippen LogP contribution in [-0.2, 0) is 66.5 Å². The van der Waals surface area contributed by atoms with Crippen LogP contribution in [-0.4, -0.2) is 122 Å². The van der Waals surface area contributed by atoms with E-state index in [4.69, 9.17) is 47.4 Å². The molecule has 60 heavy (non-hydrogen) atoms. The SMILES string of the molecule is CO[C@@H]1O[C@H](COC(=O)c2ccccc2)[C@@H](S[C@@H]2O[C@H](COC(C)=O)[C@@H](OC(C)=O)[C@H](OC(C)=O)[C@@H]2OC(C)=O)[C@H](OC(=O)c2ccccc2)[C@H]1OC(=O)c1ccccc1. The van der Waals surface area contributed by atoms with Crippen LogP contribution in [0.15, 0.2) is 91.0 Å². The van der Waals surface area contributed by atoms with Gasteiger partial charge in [-0.3, -0.25) is 19.2 Å². The average Bonchev–Trinajstić information content (AvgIpc) is 3.23. The molecule has 2 heterocycles. The first kappa shape index (κ1) is 45.3. The fraction of sp³-hybridized carbons (Fsp3) is 0.405. The van der Waals surface area contributed by atoms with Crippen molar-refractivity contribution in [3.05, 3.63) is 108 Å². The lowest BCUT2D eigenvalue weighted by Gasteiger charge is -2.48. The van der Waals surface area contributed by atoms with Gasteiger partial charge in [0.2, 0.25) is 0 Å². The first-order valence-corrected chi connectivity index (χ1v) is 19.6. The Morgan fingerprint density at radius 3 is 1.42 bits per heavy atom. The summed E-state index contributed by atoms with van der Waals surface area (Å²) < 4.78 is 58.5. The van der Waals surface area contributed by atoms with E-state index in [1.165, 1.54) is 43.5 Å². The van der Waals surface area contributed by atoms with Crippen molar-refractivity contribution in [1.29, 1.82) is 0 Å². The molecule has 3 aromatic rings. The molecule has 10 atom stereocenters. The second-order valence-corrected chi connectivity index (χ2v) is 14.7. The van der Waals surface area contributed by atoms with E-state index in [1.807, 2.05) is 0 Å². The van der Waals surface area contributed by atoms with Crippen LogP contribution in [0.1, 0.15) is 58.8 Å². The average molecular weight is 853 g/mol. The summed E-state index contributed by atoms with van der Waals surface area (Å²) >= 11 is 0.809. The van der Waals surface area contributed by atoms with E-state index in [1.54, 1.807) is 54.6 Å². The van der Waals surface area contributed by atoms with Crippen LogP contribution in [0.25, 0.3) is 0 Å². The summed E-state index contributed by atoms with van der Waals surface area (Å²) in [5.41, 5.74) is -0.964. The third-order valence-electron chi connectivity index (χ3n) is 8.96. The molecule has 2 fully saturated rings. The molecule has 0 amide bonds. The zero-order valence-corrected chi connectivity index (χ0v) is 34.0. The van der Waals surface area contributed by atoms with Crippen molar-refractivity contribution in [2.24, 2.45) is 0 Å². The van der Waals surface area contributed by atoms with E-state index in [-0.39, 0.29) is 16.7 Å². The van der Waals surface area contributed by atoms with Gasteiger partial charge in [0.15, 0.2) is 36.8 Å². The monoisotopic (exact) mass is 852 g/mol. The van der Waals surface area contributed by atoms with Gasteiger partial charge in [-0.05, 0) is 36.4 Å². The van der Waals surface area contributed by atoms with Crippen LogP contribution in [0.2, 0.25) is 0 Å². The molecule has 0 aromatic heterocycles. The van der Waals surface area contributed by atoms with Gasteiger partial charge in [0.25, 0.3) is 0 Å². The maximum absolute atomic E-state index is 13.9. The van der Waals surface area contributed by atoms with Crippen LogP contribution < -0.4 is 0 Å². The molecule has 0 saturated carbocycles. The van der Waals surface area contributed by atoms with Crippen molar-refractivity contribution in [2.75, 3.05) is 20.3 Å². The number of thioether (sulfide) groups is 1. The first-order chi connectivity index (χ1) is 28.7. The molecule has 3 aromatic carbocycles. The van der Waals surface area contributed by atoms with Crippen molar-refractivity contribution >= 4 is 53.5 Å². The highest BCUT2D eigenvalue weighted by atomic mass is 32.2. The molecule has 0 bridgehead atoms. The summed E-state index contributed by atoms with van der Waals surface area (Å²) in [5.74, 6) is -5.70. The number of hydrogen-bond acceptors (Lipinski definition) is 18. The van der Waals surface area contributed by atoms with Gasteiger partial charge in [0.1, 0.15) is 30.9 Å². The highest BCUT2D eigenvalue weighted by molar-refractivity contribution is 8.00. The Hall–Kier alpha value is -5.82.